The van der Waals surface area contributed by atoms with Crippen molar-refractivity contribution in [3.05, 3.63) is 59.9 Å². The molecule has 2 aromatic carbocycles. The van der Waals surface area contributed by atoms with E-state index >= 15 is 0 Å². The third-order valence-corrected chi connectivity index (χ3v) is 3.30. The molecule has 1 amide bonds. The fourth-order valence-electron chi connectivity index (χ4n) is 1.90. The molecule has 0 spiro atoms. The van der Waals surface area contributed by atoms with E-state index in [4.69, 9.17) is 5.73 Å². The normalized spacial score (nSPS) is 11.2. The highest BCUT2D eigenvalue weighted by Crippen LogP contribution is 2.26. The van der Waals surface area contributed by atoms with Crippen LogP contribution in [0.2, 0.25) is 0 Å². The van der Waals surface area contributed by atoms with Crippen molar-refractivity contribution in [2.45, 2.75) is 19.3 Å². The standard InChI is InChI=1S/C16H17FN2O/c1-16(2,11-6-4-3-5-7-11)15(20)19-14-10-12(18)8-9-13(14)17/h3-10H,18H2,1-2H3,(H,19,20). The SMILES string of the molecule is CC(C)(C(=O)Nc1cc(N)ccc1F)c1ccccc1. The van der Waals surface area contributed by atoms with E-state index in [-0.39, 0.29) is 11.6 Å². The van der Waals surface area contributed by atoms with Crippen LogP contribution in [0.4, 0.5) is 15.8 Å². The Morgan fingerprint density at radius 3 is 2.45 bits per heavy atom. The highest BCUT2D eigenvalue weighted by molar-refractivity contribution is 5.98. The molecule has 2 aromatic rings. The van der Waals surface area contributed by atoms with Crippen LogP contribution in [0.15, 0.2) is 48.5 Å². The summed E-state index contributed by atoms with van der Waals surface area (Å²) in [6.45, 7) is 3.59. The monoisotopic (exact) mass is 272 g/mol. The van der Waals surface area contributed by atoms with Gasteiger partial charge in [-0.15, -0.1) is 0 Å². The van der Waals surface area contributed by atoms with Gasteiger partial charge < -0.3 is 11.1 Å². The van der Waals surface area contributed by atoms with Gasteiger partial charge in [-0.25, -0.2) is 4.39 Å². The zero-order valence-corrected chi connectivity index (χ0v) is 11.5. The molecule has 104 valence electrons. The van der Waals surface area contributed by atoms with Crippen molar-refractivity contribution in [1.82, 2.24) is 0 Å². The predicted octanol–water partition coefficient (Wildman–Crippen LogP) is 3.32. The topological polar surface area (TPSA) is 55.1 Å². The summed E-state index contributed by atoms with van der Waals surface area (Å²) in [5.74, 6) is -0.787. The van der Waals surface area contributed by atoms with E-state index in [2.05, 4.69) is 5.32 Å². The van der Waals surface area contributed by atoms with Crippen LogP contribution in [0.1, 0.15) is 19.4 Å². The molecular weight excluding hydrogens is 255 g/mol. The van der Waals surface area contributed by atoms with E-state index in [0.717, 1.165) is 5.56 Å². The number of hydrogen-bond donors (Lipinski definition) is 2. The van der Waals surface area contributed by atoms with Crippen LogP contribution in [-0.4, -0.2) is 5.91 Å². The molecule has 20 heavy (non-hydrogen) atoms. The Labute approximate surface area is 117 Å². The predicted molar refractivity (Wildman–Crippen MR) is 78.9 cm³/mol. The summed E-state index contributed by atoms with van der Waals surface area (Å²) in [6, 6.07) is 13.5. The Hall–Kier alpha value is -2.36. The maximum Gasteiger partial charge on any atom is 0.234 e. The Bertz CT molecular complexity index is 624. The number of nitrogens with two attached hydrogens (primary N) is 1. The van der Waals surface area contributed by atoms with Gasteiger partial charge in [0.15, 0.2) is 0 Å². The molecule has 0 aliphatic heterocycles. The molecular formula is C16H17FN2O. The van der Waals surface area contributed by atoms with Gasteiger partial charge in [-0.05, 0) is 37.6 Å². The molecule has 0 aromatic heterocycles. The van der Waals surface area contributed by atoms with Crippen molar-refractivity contribution < 1.29 is 9.18 Å². The van der Waals surface area contributed by atoms with Crippen LogP contribution in [0.25, 0.3) is 0 Å². The molecule has 0 aliphatic rings. The quantitative estimate of drug-likeness (QED) is 0.842. The number of benzene rings is 2. The molecule has 0 aliphatic carbocycles. The van der Waals surface area contributed by atoms with Crippen LogP contribution in [0, 0.1) is 5.82 Å². The Kier molecular flexibility index (Phi) is 3.74. The molecule has 3 N–H and O–H groups in total. The summed E-state index contributed by atoms with van der Waals surface area (Å²) in [5, 5.41) is 2.60. The first-order valence-corrected chi connectivity index (χ1v) is 6.33. The van der Waals surface area contributed by atoms with Gasteiger partial charge in [-0.3, -0.25) is 4.79 Å². The molecule has 0 saturated heterocycles. The van der Waals surface area contributed by atoms with Crippen molar-refractivity contribution in [3.8, 4) is 0 Å². The van der Waals surface area contributed by atoms with E-state index in [9.17, 15) is 9.18 Å². The number of carbonyl (C=O) groups is 1. The first-order valence-electron chi connectivity index (χ1n) is 6.33. The minimum Gasteiger partial charge on any atom is -0.399 e. The molecule has 3 nitrogen and oxygen atoms in total. The van der Waals surface area contributed by atoms with Gasteiger partial charge >= 0.3 is 0 Å². The lowest BCUT2D eigenvalue weighted by atomic mass is 9.83. The van der Waals surface area contributed by atoms with Crippen LogP contribution in [0.3, 0.4) is 0 Å². The minimum absolute atomic E-state index is 0.0963. The van der Waals surface area contributed by atoms with Crippen LogP contribution >= 0.6 is 0 Å². The summed E-state index contributed by atoms with van der Waals surface area (Å²) >= 11 is 0. The van der Waals surface area contributed by atoms with Crippen LogP contribution in [0.5, 0.6) is 0 Å². The second-order valence-corrected chi connectivity index (χ2v) is 5.18. The average molecular weight is 272 g/mol. The number of amides is 1. The second-order valence-electron chi connectivity index (χ2n) is 5.18. The summed E-state index contributed by atoms with van der Waals surface area (Å²) in [4.78, 5) is 12.4. The van der Waals surface area contributed by atoms with E-state index in [1.54, 1.807) is 13.8 Å². The smallest absolute Gasteiger partial charge is 0.234 e. The Morgan fingerprint density at radius 2 is 1.80 bits per heavy atom. The van der Waals surface area contributed by atoms with Crippen molar-refractivity contribution in [2.75, 3.05) is 11.1 Å². The van der Waals surface area contributed by atoms with Crippen molar-refractivity contribution in [3.63, 3.8) is 0 Å². The van der Waals surface area contributed by atoms with Crippen molar-refractivity contribution in [1.29, 1.82) is 0 Å². The summed E-state index contributed by atoms with van der Waals surface area (Å²) in [6.07, 6.45) is 0. The number of rotatable bonds is 3. The zero-order chi connectivity index (χ0) is 14.8. The maximum atomic E-state index is 13.7. The van der Waals surface area contributed by atoms with Crippen molar-refractivity contribution >= 4 is 17.3 Å². The first-order chi connectivity index (χ1) is 9.41. The molecule has 2 rings (SSSR count). The molecule has 0 saturated carbocycles. The van der Waals surface area contributed by atoms with Crippen molar-refractivity contribution in [2.24, 2.45) is 0 Å². The highest BCUT2D eigenvalue weighted by Gasteiger charge is 2.30. The lowest BCUT2D eigenvalue weighted by Crippen LogP contribution is -2.35. The highest BCUT2D eigenvalue weighted by atomic mass is 19.1. The van der Waals surface area contributed by atoms with E-state index < -0.39 is 11.2 Å². The van der Waals surface area contributed by atoms with Crippen LogP contribution in [-0.2, 0) is 10.2 Å². The second kappa shape index (κ2) is 5.33. The van der Waals surface area contributed by atoms with E-state index in [0.29, 0.717) is 5.69 Å². The maximum absolute atomic E-state index is 13.7. The molecule has 0 heterocycles. The van der Waals surface area contributed by atoms with E-state index in [1.165, 1.54) is 18.2 Å². The first kappa shape index (κ1) is 14.1. The van der Waals surface area contributed by atoms with Gasteiger partial charge in [0, 0.05) is 5.69 Å². The Balaban J connectivity index is 2.26. The molecule has 0 bridgehead atoms. The minimum atomic E-state index is -0.766. The van der Waals surface area contributed by atoms with Gasteiger partial charge in [-0.2, -0.15) is 0 Å². The number of halogens is 1. The van der Waals surface area contributed by atoms with Gasteiger partial charge in [0.25, 0.3) is 0 Å². The summed E-state index contributed by atoms with van der Waals surface area (Å²) in [5.41, 5.74) is 6.20. The lowest BCUT2D eigenvalue weighted by molar-refractivity contribution is -0.120. The summed E-state index contributed by atoms with van der Waals surface area (Å²) in [7, 11) is 0. The van der Waals surface area contributed by atoms with Crippen LogP contribution < -0.4 is 11.1 Å². The molecule has 4 heteroatoms. The molecule has 0 radical (unpaired) electrons. The number of nitrogens with one attached hydrogen (secondary N) is 1. The number of carbonyl (C=O) groups excluding carboxylic acids is 1. The Morgan fingerprint density at radius 1 is 1.15 bits per heavy atom. The van der Waals surface area contributed by atoms with Gasteiger partial charge in [0.2, 0.25) is 5.91 Å². The van der Waals surface area contributed by atoms with Gasteiger partial charge in [0.05, 0.1) is 11.1 Å². The number of anilines is 2. The molecule has 0 fully saturated rings. The fourth-order valence-corrected chi connectivity index (χ4v) is 1.90. The lowest BCUT2D eigenvalue weighted by Gasteiger charge is -2.24. The van der Waals surface area contributed by atoms with Gasteiger partial charge in [0.1, 0.15) is 5.82 Å². The fraction of sp³-hybridized carbons (Fsp3) is 0.188. The summed E-state index contributed by atoms with van der Waals surface area (Å²) < 4.78 is 13.7. The van der Waals surface area contributed by atoms with Gasteiger partial charge in [-0.1, -0.05) is 30.3 Å². The average Bonchev–Trinajstić information content (AvgIpc) is 2.43. The largest absolute Gasteiger partial charge is 0.399 e. The third-order valence-electron chi connectivity index (χ3n) is 3.30. The van der Waals surface area contributed by atoms with E-state index in [1.807, 2.05) is 30.3 Å². The number of nitrogen functional groups attached to an aromatic ring is 1. The third kappa shape index (κ3) is 2.79. The molecule has 0 unspecified atom stereocenters. The number of hydrogen-bond acceptors (Lipinski definition) is 2. The molecule has 0 atom stereocenters. The zero-order valence-electron chi connectivity index (χ0n) is 11.5.